The molecule has 1 amide bonds. The number of benzene rings is 2. The molecule has 0 bridgehead atoms. The number of nitro groups is 1. The first-order valence-corrected chi connectivity index (χ1v) is 11.1. The largest absolute Gasteiger partial charge is 0.493 e. The molecule has 2 aliphatic rings. The smallest absolute Gasteiger partial charge is 0.271 e. The van der Waals surface area contributed by atoms with Gasteiger partial charge in [-0.1, -0.05) is 32.0 Å². The number of methoxy groups -OCH3 is 2. The molecule has 1 heterocycles. The topological polar surface area (TPSA) is 99.0 Å². The van der Waals surface area contributed by atoms with Gasteiger partial charge in [-0.2, -0.15) is 0 Å². The first-order valence-electron chi connectivity index (χ1n) is 11.1. The zero-order chi connectivity index (χ0) is 24.8. The Labute approximate surface area is 198 Å². The number of Topliss-reactive ketones (excluding diaryl/α,β-unsaturated/α-hetero) is 1. The van der Waals surface area contributed by atoms with Crippen LogP contribution in [0.5, 0.6) is 11.5 Å². The molecule has 1 aliphatic heterocycles. The number of aryl methyl sites for hydroxylation is 1. The van der Waals surface area contributed by atoms with Crippen LogP contribution in [0, 0.1) is 22.5 Å². The second-order valence-electron chi connectivity index (χ2n) is 9.60. The average Bonchev–Trinajstić information content (AvgIpc) is 2.77. The third kappa shape index (κ3) is 3.93. The highest BCUT2D eigenvalue weighted by Crippen LogP contribution is 2.51. The van der Waals surface area contributed by atoms with Gasteiger partial charge in [0.15, 0.2) is 17.3 Å². The molecule has 0 saturated carbocycles. The molecule has 178 valence electrons. The number of amides is 1. The average molecular weight is 465 g/mol. The normalized spacial score (nSPS) is 19.7. The Hall–Kier alpha value is -3.68. The van der Waals surface area contributed by atoms with E-state index in [9.17, 15) is 19.7 Å². The predicted molar refractivity (Wildman–Crippen MR) is 127 cm³/mol. The maximum atomic E-state index is 13.7. The number of hydrogen-bond acceptors (Lipinski definition) is 6. The molecule has 0 radical (unpaired) electrons. The van der Waals surface area contributed by atoms with E-state index in [2.05, 4.69) is 0 Å². The lowest BCUT2D eigenvalue weighted by molar-refractivity contribution is -0.384. The molecule has 0 spiro atoms. The Balaban J connectivity index is 1.97. The van der Waals surface area contributed by atoms with Gasteiger partial charge in [0, 0.05) is 47.7 Å². The van der Waals surface area contributed by atoms with Crippen LogP contribution in [-0.2, 0) is 9.59 Å². The highest BCUT2D eigenvalue weighted by Gasteiger charge is 2.45. The van der Waals surface area contributed by atoms with Gasteiger partial charge in [0.05, 0.1) is 24.8 Å². The van der Waals surface area contributed by atoms with E-state index < -0.39 is 10.8 Å². The lowest BCUT2D eigenvalue weighted by Crippen LogP contribution is -2.44. The minimum atomic E-state index is -0.494. The summed E-state index contributed by atoms with van der Waals surface area (Å²) in [5, 5.41) is 11.4. The number of allylic oxidation sites excluding steroid dienone is 2. The zero-order valence-corrected chi connectivity index (χ0v) is 20.0. The fourth-order valence-electron chi connectivity index (χ4n) is 5.10. The second kappa shape index (κ2) is 8.59. The molecule has 1 aliphatic carbocycles. The lowest BCUT2D eigenvalue weighted by Gasteiger charge is -2.43. The Morgan fingerprint density at radius 2 is 1.82 bits per heavy atom. The summed E-state index contributed by atoms with van der Waals surface area (Å²) in [5.41, 5.74) is 2.59. The summed E-state index contributed by atoms with van der Waals surface area (Å²) >= 11 is 0. The molecule has 8 nitrogen and oxygen atoms in total. The van der Waals surface area contributed by atoms with Crippen molar-refractivity contribution in [1.82, 2.24) is 0 Å². The van der Waals surface area contributed by atoms with Crippen LogP contribution in [0.2, 0.25) is 0 Å². The molecular weight excluding hydrogens is 436 g/mol. The molecule has 0 aromatic heterocycles. The molecule has 4 rings (SSSR count). The first-order chi connectivity index (χ1) is 16.1. The van der Waals surface area contributed by atoms with Gasteiger partial charge >= 0.3 is 0 Å². The van der Waals surface area contributed by atoms with Crippen molar-refractivity contribution in [3.8, 4) is 11.5 Å². The summed E-state index contributed by atoms with van der Waals surface area (Å²) in [5.74, 6) is 0.276. The number of non-ortho nitro benzene ring substituents is 1. The van der Waals surface area contributed by atoms with Crippen LogP contribution in [0.1, 0.15) is 50.2 Å². The van der Waals surface area contributed by atoms with Crippen molar-refractivity contribution < 1.29 is 24.0 Å². The number of hydrogen-bond donors (Lipinski definition) is 0. The summed E-state index contributed by atoms with van der Waals surface area (Å²) in [4.78, 5) is 39.7. The molecular formula is C26H28N2O6. The summed E-state index contributed by atoms with van der Waals surface area (Å²) in [6.45, 7) is 5.79. The van der Waals surface area contributed by atoms with Crippen LogP contribution in [0.15, 0.2) is 47.7 Å². The third-order valence-electron chi connectivity index (χ3n) is 6.60. The highest BCUT2D eigenvalue weighted by molar-refractivity contribution is 6.08. The first kappa shape index (κ1) is 23.5. The summed E-state index contributed by atoms with van der Waals surface area (Å²) in [7, 11) is 3.07. The number of carbonyl (C=O) groups is 2. The summed E-state index contributed by atoms with van der Waals surface area (Å²) in [6.07, 6.45) is 0.881. The third-order valence-corrected chi connectivity index (χ3v) is 6.60. The van der Waals surface area contributed by atoms with Gasteiger partial charge in [-0.05, 0) is 30.4 Å². The number of para-hydroxylation sites is 1. The van der Waals surface area contributed by atoms with Crippen molar-refractivity contribution in [2.75, 3.05) is 19.1 Å². The molecule has 0 saturated heterocycles. The molecule has 1 atom stereocenters. The standard InChI is InChI=1S/C26H28N2O6/c1-15-9-10-16(28(31)32)11-19(15)27-20-13-26(2,3)14-21(29)24(20)18(12-23(27)30)17-7-6-8-22(33-4)25(17)34-5/h6-11,18H,12-14H2,1-5H3. The van der Waals surface area contributed by atoms with Crippen molar-refractivity contribution in [2.45, 2.75) is 46.0 Å². The number of carbonyl (C=O) groups excluding carboxylic acids is 2. The minimum absolute atomic E-state index is 0.0262. The number of nitro benzene ring substituents is 1. The maximum absolute atomic E-state index is 13.7. The highest BCUT2D eigenvalue weighted by atomic mass is 16.6. The fraction of sp³-hybridized carbons (Fsp3) is 0.385. The monoisotopic (exact) mass is 464 g/mol. The number of ketones is 1. The number of ether oxygens (including phenoxy) is 2. The Kier molecular flexibility index (Phi) is 5.93. The fourth-order valence-corrected chi connectivity index (χ4v) is 5.10. The van der Waals surface area contributed by atoms with Crippen molar-refractivity contribution in [3.05, 3.63) is 68.9 Å². The van der Waals surface area contributed by atoms with E-state index in [1.807, 2.05) is 26.0 Å². The van der Waals surface area contributed by atoms with E-state index in [0.717, 1.165) is 5.56 Å². The number of rotatable bonds is 5. The van der Waals surface area contributed by atoms with Gasteiger partial charge in [0.1, 0.15) is 0 Å². The molecule has 8 heteroatoms. The van der Waals surface area contributed by atoms with E-state index in [0.29, 0.717) is 46.9 Å². The van der Waals surface area contributed by atoms with Crippen LogP contribution < -0.4 is 14.4 Å². The van der Waals surface area contributed by atoms with Gasteiger partial charge < -0.3 is 9.47 Å². The quantitative estimate of drug-likeness (QED) is 0.452. The number of nitrogens with zero attached hydrogens (tertiary/aromatic N) is 2. The van der Waals surface area contributed by atoms with Crippen LogP contribution in [0.25, 0.3) is 0 Å². The van der Waals surface area contributed by atoms with E-state index in [4.69, 9.17) is 9.47 Å². The minimum Gasteiger partial charge on any atom is -0.493 e. The second-order valence-corrected chi connectivity index (χ2v) is 9.60. The molecule has 34 heavy (non-hydrogen) atoms. The lowest BCUT2D eigenvalue weighted by atomic mass is 9.69. The molecule has 0 fully saturated rings. The van der Waals surface area contributed by atoms with Crippen molar-refractivity contribution in [1.29, 1.82) is 0 Å². The summed E-state index contributed by atoms with van der Waals surface area (Å²) < 4.78 is 11.1. The SMILES string of the molecule is COc1cccc(C2CC(=O)N(c3cc([N+](=O)[O-])ccc3C)C3=C2C(=O)CC(C)(C)C3)c1OC. The van der Waals surface area contributed by atoms with Gasteiger partial charge in [0.25, 0.3) is 5.69 Å². The van der Waals surface area contributed by atoms with Gasteiger partial charge in [-0.15, -0.1) is 0 Å². The zero-order valence-electron chi connectivity index (χ0n) is 20.0. The van der Waals surface area contributed by atoms with Crippen LogP contribution >= 0.6 is 0 Å². The molecule has 2 aromatic rings. The molecule has 2 aromatic carbocycles. The molecule has 0 N–H and O–H groups in total. The van der Waals surface area contributed by atoms with Gasteiger partial charge in [0.2, 0.25) is 5.91 Å². The van der Waals surface area contributed by atoms with Crippen molar-refractivity contribution >= 4 is 23.1 Å². The predicted octanol–water partition coefficient (Wildman–Crippen LogP) is 5.08. The van der Waals surface area contributed by atoms with E-state index in [1.54, 1.807) is 26.2 Å². The number of anilines is 1. The van der Waals surface area contributed by atoms with Gasteiger partial charge in [-0.25, -0.2) is 0 Å². The Morgan fingerprint density at radius 3 is 2.47 bits per heavy atom. The van der Waals surface area contributed by atoms with Crippen LogP contribution in [-0.4, -0.2) is 30.8 Å². The Morgan fingerprint density at radius 1 is 1.09 bits per heavy atom. The van der Waals surface area contributed by atoms with Crippen LogP contribution in [0.3, 0.4) is 0 Å². The Bertz CT molecular complexity index is 1230. The van der Waals surface area contributed by atoms with Crippen molar-refractivity contribution in [2.24, 2.45) is 5.41 Å². The van der Waals surface area contributed by atoms with Crippen LogP contribution in [0.4, 0.5) is 11.4 Å². The summed E-state index contributed by atoms with van der Waals surface area (Å²) in [6, 6.07) is 9.90. The van der Waals surface area contributed by atoms with Crippen molar-refractivity contribution in [3.63, 3.8) is 0 Å². The van der Waals surface area contributed by atoms with Gasteiger partial charge in [-0.3, -0.25) is 24.6 Å². The molecule has 1 unspecified atom stereocenters. The van der Waals surface area contributed by atoms with E-state index in [-0.39, 0.29) is 29.2 Å². The maximum Gasteiger partial charge on any atom is 0.271 e. The van der Waals surface area contributed by atoms with E-state index >= 15 is 0 Å². The van der Waals surface area contributed by atoms with E-state index in [1.165, 1.54) is 24.1 Å².